The van der Waals surface area contributed by atoms with Crippen molar-refractivity contribution in [3.63, 3.8) is 0 Å². The van der Waals surface area contributed by atoms with Crippen molar-refractivity contribution < 1.29 is 0 Å². The highest BCUT2D eigenvalue weighted by Crippen LogP contribution is 2.32. The molecule has 0 fully saturated rings. The van der Waals surface area contributed by atoms with Gasteiger partial charge in [-0.15, -0.1) is 11.3 Å². The lowest BCUT2D eigenvalue weighted by Crippen LogP contribution is -1.90. The van der Waals surface area contributed by atoms with Crippen molar-refractivity contribution in [2.45, 2.75) is 20.3 Å². The van der Waals surface area contributed by atoms with Crippen LogP contribution in [0, 0.1) is 13.8 Å². The summed E-state index contributed by atoms with van der Waals surface area (Å²) < 4.78 is 2.22. The first-order valence-corrected chi connectivity index (χ1v) is 9.48. The highest BCUT2D eigenvalue weighted by atomic mass is 32.1. The predicted octanol–water partition coefficient (Wildman–Crippen LogP) is 5.31. The fourth-order valence-electron chi connectivity index (χ4n) is 3.50. The summed E-state index contributed by atoms with van der Waals surface area (Å²) in [5, 5.41) is 5.61. The molecule has 2 aromatic heterocycles. The van der Waals surface area contributed by atoms with Gasteiger partial charge in [0, 0.05) is 29.4 Å². The van der Waals surface area contributed by atoms with E-state index in [4.69, 9.17) is 4.98 Å². The fraction of sp³-hybridized carbons (Fsp3) is 0.190. The van der Waals surface area contributed by atoms with Gasteiger partial charge in [-0.05, 0) is 60.7 Å². The second-order valence-electron chi connectivity index (χ2n) is 6.75. The number of aryl methyl sites for hydroxylation is 2. The molecule has 0 radical (unpaired) electrons. The smallest absolute Gasteiger partial charge is 0.194 e. The molecule has 5 rings (SSSR count). The molecule has 0 spiro atoms. The molecule has 1 aliphatic heterocycles. The minimum absolute atomic E-state index is 1.04. The van der Waals surface area contributed by atoms with Gasteiger partial charge in [0.1, 0.15) is 0 Å². The molecule has 0 saturated carbocycles. The summed E-state index contributed by atoms with van der Waals surface area (Å²) in [5.41, 5.74) is 10.0. The zero-order chi connectivity index (χ0) is 17.0. The molecule has 0 atom stereocenters. The molecule has 0 unspecified atom stereocenters. The summed E-state index contributed by atoms with van der Waals surface area (Å²) in [5.74, 6) is 0. The van der Waals surface area contributed by atoms with Gasteiger partial charge >= 0.3 is 0 Å². The minimum Gasteiger partial charge on any atom is -0.384 e. The molecular formula is C21H19N3S. The molecule has 4 aromatic rings. The molecule has 0 amide bonds. The summed E-state index contributed by atoms with van der Waals surface area (Å²) in [7, 11) is 0. The van der Waals surface area contributed by atoms with E-state index in [1.54, 1.807) is 11.3 Å². The lowest BCUT2D eigenvalue weighted by atomic mass is 10.0. The number of hydrogen-bond donors (Lipinski definition) is 1. The quantitative estimate of drug-likeness (QED) is 0.533. The van der Waals surface area contributed by atoms with Crippen LogP contribution in [0.3, 0.4) is 0 Å². The van der Waals surface area contributed by atoms with E-state index in [9.17, 15) is 0 Å². The Morgan fingerprint density at radius 3 is 2.80 bits per heavy atom. The second-order valence-corrected chi connectivity index (χ2v) is 7.58. The Labute approximate surface area is 151 Å². The summed E-state index contributed by atoms with van der Waals surface area (Å²) in [6, 6.07) is 13.3. The number of aromatic nitrogens is 2. The number of nitrogens with one attached hydrogen (secondary N) is 1. The molecule has 0 saturated heterocycles. The topological polar surface area (TPSA) is 29.3 Å². The average molecular weight is 345 g/mol. The van der Waals surface area contributed by atoms with E-state index in [1.807, 2.05) is 0 Å². The molecule has 0 bridgehead atoms. The van der Waals surface area contributed by atoms with E-state index >= 15 is 0 Å². The van der Waals surface area contributed by atoms with Gasteiger partial charge in [-0.1, -0.05) is 18.2 Å². The second kappa shape index (κ2) is 5.46. The maximum absolute atomic E-state index is 4.86. The van der Waals surface area contributed by atoms with Crippen LogP contribution in [0.2, 0.25) is 0 Å². The maximum atomic E-state index is 4.86. The first-order chi connectivity index (χ1) is 12.2. The van der Waals surface area contributed by atoms with Crippen LogP contribution >= 0.6 is 11.3 Å². The Bertz CT molecular complexity index is 1100. The van der Waals surface area contributed by atoms with Gasteiger partial charge in [0.25, 0.3) is 0 Å². The molecule has 1 N–H and O–H groups in total. The number of rotatable bonds is 2. The van der Waals surface area contributed by atoms with Crippen molar-refractivity contribution in [1.29, 1.82) is 0 Å². The molecule has 124 valence electrons. The minimum atomic E-state index is 1.04. The van der Waals surface area contributed by atoms with Crippen LogP contribution in [0.4, 0.5) is 5.69 Å². The Balaban J connectivity index is 1.61. The van der Waals surface area contributed by atoms with E-state index in [1.165, 1.54) is 39.2 Å². The van der Waals surface area contributed by atoms with Gasteiger partial charge in [0.2, 0.25) is 0 Å². The van der Waals surface area contributed by atoms with Crippen LogP contribution in [-0.4, -0.2) is 15.9 Å². The van der Waals surface area contributed by atoms with Gasteiger partial charge in [-0.3, -0.25) is 4.40 Å². The number of nitrogens with zero attached hydrogens (tertiary/aromatic N) is 2. The van der Waals surface area contributed by atoms with Gasteiger partial charge < -0.3 is 5.32 Å². The number of imidazole rings is 1. The SMILES string of the molecule is Cc1ccc(-c2csc3nc(-c4ccc5c(c4)CCN5)cn23)cc1C. The van der Waals surface area contributed by atoms with Gasteiger partial charge in [0.15, 0.2) is 4.96 Å². The van der Waals surface area contributed by atoms with E-state index in [0.717, 1.165) is 23.6 Å². The maximum Gasteiger partial charge on any atom is 0.194 e. The monoisotopic (exact) mass is 345 g/mol. The van der Waals surface area contributed by atoms with Crippen LogP contribution in [0.15, 0.2) is 48.0 Å². The third-order valence-corrected chi connectivity index (χ3v) is 5.96. The van der Waals surface area contributed by atoms with Crippen molar-refractivity contribution in [1.82, 2.24) is 9.38 Å². The Hall–Kier alpha value is -2.59. The third kappa shape index (κ3) is 2.36. The number of anilines is 1. The van der Waals surface area contributed by atoms with Gasteiger partial charge in [-0.25, -0.2) is 4.98 Å². The van der Waals surface area contributed by atoms with Crippen molar-refractivity contribution in [3.05, 3.63) is 64.7 Å². The van der Waals surface area contributed by atoms with E-state index in [2.05, 4.69) is 71.5 Å². The lowest BCUT2D eigenvalue weighted by Gasteiger charge is -2.04. The van der Waals surface area contributed by atoms with Gasteiger partial charge in [0.05, 0.1) is 11.4 Å². The fourth-order valence-corrected chi connectivity index (χ4v) is 4.38. The summed E-state index contributed by atoms with van der Waals surface area (Å²) in [6.07, 6.45) is 3.26. The highest BCUT2D eigenvalue weighted by molar-refractivity contribution is 7.15. The van der Waals surface area contributed by atoms with Crippen LogP contribution in [-0.2, 0) is 6.42 Å². The zero-order valence-corrected chi connectivity index (χ0v) is 15.2. The highest BCUT2D eigenvalue weighted by Gasteiger charge is 2.14. The Kier molecular flexibility index (Phi) is 3.22. The van der Waals surface area contributed by atoms with E-state index in [-0.39, 0.29) is 0 Å². The largest absolute Gasteiger partial charge is 0.384 e. The Morgan fingerprint density at radius 2 is 1.92 bits per heavy atom. The first-order valence-electron chi connectivity index (χ1n) is 8.60. The summed E-state index contributed by atoms with van der Waals surface area (Å²) in [4.78, 5) is 5.90. The molecule has 1 aliphatic rings. The van der Waals surface area contributed by atoms with E-state index < -0.39 is 0 Å². The molecule has 3 nitrogen and oxygen atoms in total. The molecule has 2 aromatic carbocycles. The predicted molar refractivity (Wildman–Crippen MR) is 106 cm³/mol. The number of thiazole rings is 1. The number of benzene rings is 2. The Morgan fingerprint density at radius 1 is 1.04 bits per heavy atom. The van der Waals surface area contributed by atoms with Crippen LogP contribution < -0.4 is 5.32 Å². The molecule has 0 aliphatic carbocycles. The van der Waals surface area contributed by atoms with Crippen molar-refractivity contribution >= 4 is 22.0 Å². The van der Waals surface area contributed by atoms with Crippen LogP contribution in [0.25, 0.3) is 27.5 Å². The van der Waals surface area contributed by atoms with Gasteiger partial charge in [-0.2, -0.15) is 0 Å². The molecule has 25 heavy (non-hydrogen) atoms. The van der Waals surface area contributed by atoms with Crippen molar-refractivity contribution in [3.8, 4) is 22.5 Å². The van der Waals surface area contributed by atoms with Crippen LogP contribution in [0.5, 0.6) is 0 Å². The third-order valence-electron chi connectivity index (χ3n) is 5.12. The van der Waals surface area contributed by atoms with Crippen LogP contribution in [0.1, 0.15) is 16.7 Å². The molecule has 4 heteroatoms. The summed E-state index contributed by atoms with van der Waals surface area (Å²) >= 11 is 1.70. The van der Waals surface area contributed by atoms with E-state index in [0.29, 0.717) is 0 Å². The van der Waals surface area contributed by atoms with Crippen molar-refractivity contribution in [2.75, 3.05) is 11.9 Å². The number of hydrogen-bond acceptors (Lipinski definition) is 3. The standard InChI is InChI=1S/C21H19N3S/c1-13-3-4-17(9-14(13)2)20-12-25-21-23-19(11-24(20)21)15-5-6-18-16(10-15)7-8-22-18/h3-6,9-12,22H,7-8H2,1-2H3. The molecular weight excluding hydrogens is 326 g/mol. The summed E-state index contributed by atoms with van der Waals surface area (Å²) in [6.45, 7) is 5.36. The number of fused-ring (bicyclic) bond motifs is 2. The van der Waals surface area contributed by atoms with Crippen molar-refractivity contribution in [2.24, 2.45) is 0 Å². The normalized spacial score (nSPS) is 13.2. The molecule has 3 heterocycles. The lowest BCUT2D eigenvalue weighted by molar-refractivity contribution is 1.11. The zero-order valence-electron chi connectivity index (χ0n) is 14.3. The average Bonchev–Trinajstić information content (AvgIpc) is 3.31. The first kappa shape index (κ1) is 14.7.